The molecule has 214 valence electrons. The predicted octanol–water partition coefficient (Wildman–Crippen LogP) is 8.02. The van der Waals surface area contributed by atoms with Gasteiger partial charge < -0.3 is 14.2 Å². The van der Waals surface area contributed by atoms with E-state index in [2.05, 4.69) is 13.8 Å². The molecule has 0 bridgehead atoms. The maximum Gasteiger partial charge on any atom is 0.309 e. The minimum absolute atomic E-state index is 0.0620. The van der Waals surface area contributed by atoms with Gasteiger partial charge in [0.1, 0.15) is 6.61 Å². The van der Waals surface area contributed by atoms with E-state index in [1.165, 1.54) is 38.5 Å². The Bertz CT molecular complexity index is 786. The van der Waals surface area contributed by atoms with Crippen molar-refractivity contribution in [3.05, 3.63) is 47.5 Å². The smallest absolute Gasteiger partial charge is 0.309 e. The molecule has 1 rings (SSSR count). The SMILES string of the molecule is CCCCCCCCOC(=O)C/C=C(/CCC(=O)OCc1ccccc1)CC(=O)OCCCCCCCC. The predicted molar refractivity (Wildman–Crippen MR) is 151 cm³/mol. The molecule has 0 unspecified atom stereocenters. The molecule has 6 nitrogen and oxygen atoms in total. The summed E-state index contributed by atoms with van der Waals surface area (Å²) >= 11 is 0. The summed E-state index contributed by atoms with van der Waals surface area (Å²) in [5.74, 6) is -0.989. The molecule has 0 saturated carbocycles. The first-order valence-corrected chi connectivity index (χ1v) is 14.7. The number of carbonyl (C=O) groups excluding carboxylic acids is 3. The van der Waals surface area contributed by atoms with E-state index in [0.717, 1.165) is 44.1 Å². The van der Waals surface area contributed by atoms with Gasteiger partial charge in [-0.2, -0.15) is 0 Å². The number of ether oxygens (including phenoxy) is 3. The number of carbonyl (C=O) groups is 3. The molecule has 0 atom stereocenters. The molecule has 1 aromatic carbocycles. The van der Waals surface area contributed by atoms with Crippen LogP contribution in [0.15, 0.2) is 42.0 Å². The summed E-state index contributed by atoms with van der Waals surface area (Å²) in [4.78, 5) is 36.9. The van der Waals surface area contributed by atoms with Crippen molar-refractivity contribution in [2.24, 2.45) is 0 Å². The van der Waals surface area contributed by atoms with Crippen molar-refractivity contribution in [3.63, 3.8) is 0 Å². The van der Waals surface area contributed by atoms with Crippen LogP contribution >= 0.6 is 0 Å². The van der Waals surface area contributed by atoms with Gasteiger partial charge in [-0.1, -0.05) is 120 Å². The van der Waals surface area contributed by atoms with Crippen LogP contribution in [0.25, 0.3) is 0 Å². The van der Waals surface area contributed by atoms with E-state index in [9.17, 15) is 14.4 Å². The first-order valence-electron chi connectivity index (χ1n) is 14.7. The van der Waals surface area contributed by atoms with Crippen LogP contribution in [0.5, 0.6) is 0 Å². The lowest BCUT2D eigenvalue weighted by molar-refractivity contribution is -0.146. The molecule has 0 aliphatic rings. The number of benzene rings is 1. The van der Waals surface area contributed by atoms with Crippen molar-refractivity contribution in [2.45, 2.75) is 123 Å². The van der Waals surface area contributed by atoms with Crippen LogP contribution < -0.4 is 0 Å². The van der Waals surface area contributed by atoms with Gasteiger partial charge in [0.25, 0.3) is 0 Å². The highest BCUT2D eigenvalue weighted by Crippen LogP contribution is 2.15. The van der Waals surface area contributed by atoms with E-state index in [1.54, 1.807) is 6.08 Å². The van der Waals surface area contributed by atoms with Crippen LogP contribution in [0, 0.1) is 0 Å². The summed E-state index contributed by atoms with van der Waals surface area (Å²) in [6.45, 7) is 5.40. The molecule has 6 heteroatoms. The third kappa shape index (κ3) is 19.5. The fourth-order valence-electron chi connectivity index (χ4n) is 4.00. The molecule has 0 aliphatic carbocycles. The Morgan fingerprint density at radius 3 is 1.79 bits per heavy atom. The molecule has 0 fully saturated rings. The first-order chi connectivity index (χ1) is 18.5. The van der Waals surface area contributed by atoms with E-state index in [4.69, 9.17) is 14.2 Å². The lowest BCUT2D eigenvalue weighted by Gasteiger charge is -2.10. The van der Waals surface area contributed by atoms with E-state index in [-0.39, 0.29) is 43.8 Å². The Kier molecular flexibility index (Phi) is 20.6. The zero-order chi connectivity index (χ0) is 27.7. The van der Waals surface area contributed by atoms with Crippen LogP contribution in [0.4, 0.5) is 0 Å². The molecule has 0 aromatic heterocycles. The van der Waals surface area contributed by atoms with Crippen molar-refractivity contribution < 1.29 is 28.6 Å². The van der Waals surface area contributed by atoms with E-state index >= 15 is 0 Å². The van der Waals surface area contributed by atoms with Gasteiger partial charge in [0.05, 0.1) is 26.1 Å². The molecule has 0 amide bonds. The van der Waals surface area contributed by atoms with Crippen molar-refractivity contribution in [3.8, 4) is 0 Å². The average molecular weight is 531 g/mol. The number of esters is 3. The van der Waals surface area contributed by atoms with Crippen LogP contribution in [-0.2, 0) is 35.2 Å². The van der Waals surface area contributed by atoms with Crippen molar-refractivity contribution in [1.82, 2.24) is 0 Å². The molecule has 0 spiro atoms. The summed E-state index contributed by atoms with van der Waals surface area (Å²) in [5.41, 5.74) is 1.62. The molecule has 0 heterocycles. The summed E-state index contributed by atoms with van der Waals surface area (Å²) in [7, 11) is 0. The molecule has 0 radical (unpaired) electrons. The summed E-state index contributed by atoms with van der Waals surface area (Å²) in [5, 5.41) is 0. The highest BCUT2D eigenvalue weighted by molar-refractivity contribution is 5.75. The third-order valence-corrected chi connectivity index (χ3v) is 6.34. The molecular weight excluding hydrogens is 480 g/mol. The van der Waals surface area contributed by atoms with Crippen molar-refractivity contribution >= 4 is 17.9 Å². The van der Waals surface area contributed by atoms with Gasteiger partial charge in [0.15, 0.2) is 0 Å². The topological polar surface area (TPSA) is 78.9 Å². The maximum absolute atomic E-state index is 12.4. The Balaban J connectivity index is 2.46. The zero-order valence-corrected chi connectivity index (χ0v) is 23.8. The number of hydrogen-bond acceptors (Lipinski definition) is 6. The van der Waals surface area contributed by atoms with Crippen LogP contribution in [0.3, 0.4) is 0 Å². The van der Waals surface area contributed by atoms with E-state index in [0.29, 0.717) is 25.2 Å². The quantitative estimate of drug-likeness (QED) is 0.0617. The second-order valence-corrected chi connectivity index (χ2v) is 9.87. The van der Waals surface area contributed by atoms with Crippen LogP contribution in [0.1, 0.15) is 122 Å². The highest BCUT2D eigenvalue weighted by atomic mass is 16.5. The van der Waals surface area contributed by atoms with Gasteiger partial charge in [0.2, 0.25) is 0 Å². The molecular formula is C32H50O6. The third-order valence-electron chi connectivity index (χ3n) is 6.34. The second kappa shape index (κ2) is 23.5. The Labute approximate surface area is 230 Å². The fraction of sp³-hybridized carbons (Fsp3) is 0.656. The van der Waals surface area contributed by atoms with Gasteiger partial charge in [-0.15, -0.1) is 0 Å². The monoisotopic (exact) mass is 530 g/mol. The summed E-state index contributed by atoms with van der Waals surface area (Å²) in [6.07, 6.45) is 15.8. The molecule has 0 saturated heterocycles. The van der Waals surface area contributed by atoms with Crippen molar-refractivity contribution in [2.75, 3.05) is 13.2 Å². The standard InChI is InChI=1S/C32H50O6/c1-3-5-7-9-11-16-24-36-30(33)22-20-28(26-32(35)37-25-17-12-10-8-6-4-2)21-23-31(34)38-27-29-18-14-13-15-19-29/h13-15,18-20H,3-12,16-17,21-27H2,1-2H3/b28-20-. The normalized spacial score (nSPS) is 11.3. The average Bonchev–Trinajstić information content (AvgIpc) is 2.93. The Hall–Kier alpha value is -2.63. The number of unbranched alkanes of at least 4 members (excludes halogenated alkanes) is 10. The van der Waals surface area contributed by atoms with E-state index < -0.39 is 0 Å². The van der Waals surface area contributed by atoms with Crippen molar-refractivity contribution in [1.29, 1.82) is 0 Å². The lowest BCUT2D eigenvalue weighted by Crippen LogP contribution is -2.10. The Morgan fingerprint density at radius 1 is 0.632 bits per heavy atom. The summed E-state index contributed by atoms with van der Waals surface area (Å²) in [6, 6.07) is 9.50. The highest BCUT2D eigenvalue weighted by Gasteiger charge is 2.12. The minimum Gasteiger partial charge on any atom is -0.465 e. The largest absolute Gasteiger partial charge is 0.465 e. The zero-order valence-electron chi connectivity index (χ0n) is 23.8. The number of hydrogen-bond donors (Lipinski definition) is 0. The second-order valence-electron chi connectivity index (χ2n) is 9.87. The summed E-state index contributed by atoms with van der Waals surface area (Å²) < 4.78 is 16.1. The van der Waals surface area contributed by atoms with Gasteiger partial charge >= 0.3 is 17.9 Å². The first kappa shape index (κ1) is 33.4. The van der Waals surface area contributed by atoms with Gasteiger partial charge in [-0.25, -0.2) is 0 Å². The van der Waals surface area contributed by atoms with Gasteiger partial charge in [-0.05, 0) is 24.8 Å². The molecule has 38 heavy (non-hydrogen) atoms. The van der Waals surface area contributed by atoms with Gasteiger partial charge in [0, 0.05) is 6.42 Å². The maximum atomic E-state index is 12.4. The lowest BCUT2D eigenvalue weighted by atomic mass is 10.1. The molecule has 1 aromatic rings. The fourth-order valence-corrected chi connectivity index (χ4v) is 4.00. The van der Waals surface area contributed by atoms with E-state index in [1.807, 2.05) is 30.3 Å². The number of rotatable bonds is 23. The van der Waals surface area contributed by atoms with Gasteiger partial charge in [-0.3, -0.25) is 14.4 Å². The minimum atomic E-state index is -0.342. The van der Waals surface area contributed by atoms with Crippen LogP contribution in [0.2, 0.25) is 0 Å². The molecule has 0 N–H and O–H groups in total. The Morgan fingerprint density at radius 2 is 1.18 bits per heavy atom. The molecule has 0 aliphatic heterocycles. The van der Waals surface area contributed by atoms with Crippen LogP contribution in [-0.4, -0.2) is 31.1 Å².